The fourth-order valence-electron chi connectivity index (χ4n) is 2.20. The standard InChI is InChI=1S/C12H18ClN3O3/c1-18-10-11(13)14-8-15-12(10)16-4-2-9(3-5-16)19-7-6-17/h8-9,17H,2-7H2,1H3. The topological polar surface area (TPSA) is 67.7 Å². The third-order valence-electron chi connectivity index (χ3n) is 3.13. The molecule has 7 heteroatoms. The summed E-state index contributed by atoms with van der Waals surface area (Å²) in [4.78, 5) is 10.3. The Labute approximate surface area is 117 Å². The molecule has 0 radical (unpaired) electrons. The van der Waals surface area contributed by atoms with E-state index in [0.717, 1.165) is 31.7 Å². The molecule has 0 aliphatic carbocycles. The van der Waals surface area contributed by atoms with Gasteiger partial charge in [-0.05, 0) is 12.8 Å². The normalized spacial score (nSPS) is 16.7. The molecule has 0 bridgehead atoms. The zero-order valence-corrected chi connectivity index (χ0v) is 11.6. The Morgan fingerprint density at radius 3 is 2.79 bits per heavy atom. The molecule has 1 aliphatic rings. The van der Waals surface area contributed by atoms with Gasteiger partial charge in [0.15, 0.2) is 16.7 Å². The molecule has 0 unspecified atom stereocenters. The van der Waals surface area contributed by atoms with Gasteiger partial charge in [-0.15, -0.1) is 0 Å². The van der Waals surface area contributed by atoms with E-state index in [1.807, 2.05) is 0 Å². The number of ether oxygens (including phenoxy) is 2. The molecule has 1 saturated heterocycles. The number of nitrogens with zero attached hydrogens (tertiary/aromatic N) is 3. The Morgan fingerprint density at radius 2 is 2.16 bits per heavy atom. The number of hydrogen-bond acceptors (Lipinski definition) is 6. The summed E-state index contributed by atoms with van der Waals surface area (Å²) in [6, 6.07) is 0. The summed E-state index contributed by atoms with van der Waals surface area (Å²) in [5, 5.41) is 9.07. The lowest BCUT2D eigenvalue weighted by atomic mass is 10.1. The Morgan fingerprint density at radius 1 is 1.42 bits per heavy atom. The maximum atomic E-state index is 8.74. The minimum absolute atomic E-state index is 0.0650. The molecule has 1 aliphatic heterocycles. The van der Waals surface area contributed by atoms with Gasteiger partial charge >= 0.3 is 0 Å². The SMILES string of the molecule is COc1c(Cl)ncnc1N1CCC(OCCO)CC1. The minimum atomic E-state index is 0.0650. The van der Waals surface area contributed by atoms with Crippen molar-refractivity contribution in [1.29, 1.82) is 0 Å². The molecule has 1 N–H and O–H groups in total. The van der Waals surface area contributed by atoms with Crippen molar-refractivity contribution in [3.8, 4) is 5.75 Å². The van der Waals surface area contributed by atoms with Crippen LogP contribution in [0.3, 0.4) is 0 Å². The summed E-state index contributed by atoms with van der Waals surface area (Å²) >= 11 is 5.99. The second-order valence-corrected chi connectivity index (χ2v) is 4.66. The lowest BCUT2D eigenvalue weighted by Crippen LogP contribution is -2.38. The maximum absolute atomic E-state index is 8.74. The summed E-state index contributed by atoms with van der Waals surface area (Å²) in [7, 11) is 1.56. The van der Waals surface area contributed by atoms with Gasteiger partial charge in [-0.2, -0.15) is 0 Å². The van der Waals surface area contributed by atoms with Gasteiger partial charge in [0.05, 0.1) is 26.4 Å². The second-order valence-electron chi connectivity index (χ2n) is 4.30. The Bertz CT molecular complexity index is 411. The van der Waals surface area contributed by atoms with Crippen molar-refractivity contribution in [3.63, 3.8) is 0 Å². The molecule has 0 spiro atoms. The summed E-state index contributed by atoms with van der Waals surface area (Å²) in [6.07, 6.45) is 3.43. The number of aliphatic hydroxyl groups excluding tert-OH is 1. The average Bonchev–Trinajstić information content (AvgIpc) is 2.45. The van der Waals surface area contributed by atoms with Crippen LogP contribution in [0.15, 0.2) is 6.33 Å². The van der Waals surface area contributed by atoms with Crippen LogP contribution in [0.5, 0.6) is 5.75 Å². The maximum Gasteiger partial charge on any atom is 0.199 e. The summed E-state index contributed by atoms with van der Waals surface area (Å²) in [5.41, 5.74) is 0. The van der Waals surface area contributed by atoms with Gasteiger partial charge < -0.3 is 19.5 Å². The van der Waals surface area contributed by atoms with Crippen molar-refractivity contribution in [1.82, 2.24) is 9.97 Å². The molecule has 2 heterocycles. The molecular weight excluding hydrogens is 270 g/mol. The highest BCUT2D eigenvalue weighted by atomic mass is 35.5. The van der Waals surface area contributed by atoms with Crippen LogP contribution in [-0.4, -0.2) is 54.6 Å². The van der Waals surface area contributed by atoms with Crippen LogP contribution in [0.1, 0.15) is 12.8 Å². The number of hydrogen-bond donors (Lipinski definition) is 1. The Balaban J connectivity index is 1.99. The first-order valence-corrected chi connectivity index (χ1v) is 6.66. The molecule has 1 fully saturated rings. The highest BCUT2D eigenvalue weighted by Gasteiger charge is 2.24. The van der Waals surface area contributed by atoms with Gasteiger partial charge in [-0.3, -0.25) is 0 Å². The number of aliphatic hydroxyl groups is 1. The van der Waals surface area contributed by atoms with Crippen molar-refractivity contribution in [3.05, 3.63) is 11.5 Å². The van der Waals surface area contributed by atoms with Crippen molar-refractivity contribution in [2.75, 3.05) is 38.3 Å². The fraction of sp³-hybridized carbons (Fsp3) is 0.667. The zero-order chi connectivity index (χ0) is 13.7. The van der Waals surface area contributed by atoms with Crippen molar-refractivity contribution >= 4 is 17.4 Å². The fourth-order valence-corrected chi connectivity index (χ4v) is 2.40. The number of methoxy groups -OCH3 is 1. The molecule has 19 heavy (non-hydrogen) atoms. The molecule has 106 valence electrons. The third-order valence-corrected chi connectivity index (χ3v) is 3.40. The summed E-state index contributed by atoms with van der Waals surface area (Å²) in [6.45, 7) is 2.10. The average molecular weight is 288 g/mol. The lowest BCUT2D eigenvalue weighted by Gasteiger charge is -2.33. The van der Waals surface area contributed by atoms with E-state index in [2.05, 4.69) is 14.9 Å². The van der Waals surface area contributed by atoms with Crippen LogP contribution < -0.4 is 9.64 Å². The molecule has 6 nitrogen and oxygen atoms in total. The predicted octanol–water partition coefficient (Wildman–Crippen LogP) is 1.12. The van der Waals surface area contributed by atoms with Gasteiger partial charge in [0, 0.05) is 13.1 Å². The van der Waals surface area contributed by atoms with Crippen molar-refractivity contribution in [2.24, 2.45) is 0 Å². The van der Waals surface area contributed by atoms with E-state index >= 15 is 0 Å². The Hall–Kier alpha value is -1.11. The van der Waals surface area contributed by atoms with Crippen molar-refractivity contribution < 1.29 is 14.6 Å². The number of rotatable bonds is 5. The lowest BCUT2D eigenvalue weighted by molar-refractivity contribution is 0.0158. The first-order chi connectivity index (χ1) is 9.26. The smallest absolute Gasteiger partial charge is 0.199 e. The van der Waals surface area contributed by atoms with E-state index in [4.69, 9.17) is 26.2 Å². The van der Waals surface area contributed by atoms with E-state index in [1.165, 1.54) is 6.33 Å². The molecular formula is C12H18ClN3O3. The third kappa shape index (κ3) is 3.46. The summed E-state index contributed by atoms with van der Waals surface area (Å²) < 4.78 is 10.8. The van der Waals surface area contributed by atoms with Gasteiger partial charge in [-0.25, -0.2) is 9.97 Å². The predicted molar refractivity (Wildman–Crippen MR) is 71.9 cm³/mol. The van der Waals surface area contributed by atoms with E-state index < -0.39 is 0 Å². The van der Waals surface area contributed by atoms with Crippen LogP contribution in [0.4, 0.5) is 5.82 Å². The first kappa shape index (κ1) is 14.3. The molecule has 0 aromatic carbocycles. The highest BCUT2D eigenvalue weighted by Crippen LogP contribution is 2.33. The number of aromatic nitrogens is 2. The highest BCUT2D eigenvalue weighted by molar-refractivity contribution is 6.31. The molecule has 0 saturated carbocycles. The Kier molecular flexibility index (Phi) is 5.18. The molecule has 1 aromatic rings. The van der Waals surface area contributed by atoms with E-state index in [1.54, 1.807) is 7.11 Å². The van der Waals surface area contributed by atoms with Crippen LogP contribution in [0.25, 0.3) is 0 Å². The van der Waals surface area contributed by atoms with Crippen LogP contribution in [0.2, 0.25) is 5.15 Å². The number of piperidine rings is 1. The minimum Gasteiger partial charge on any atom is -0.490 e. The van der Waals surface area contributed by atoms with Gasteiger partial charge in [0.1, 0.15) is 6.33 Å². The quantitative estimate of drug-likeness (QED) is 0.819. The summed E-state index contributed by atoms with van der Waals surface area (Å²) in [5.74, 6) is 1.24. The second kappa shape index (κ2) is 6.88. The zero-order valence-electron chi connectivity index (χ0n) is 10.9. The van der Waals surface area contributed by atoms with Crippen LogP contribution in [-0.2, 0) is 4.74 Å². The van der Waals surface area contributed by atoms with E-state index in [0.29, 0.717) is 17.5 Å². The first-order valence-electron chi connectivity index (χ1n) is 6.28. The molecule has 2 rings (SSSR count). The van der Waals surface area contributed by atoms with Gasteiger partial charge in [0.25, 0.3) is 0 Å². The van der Waals surface area contributed by atoms with Gasteiger partial charge in [-0.1, -0.05) is 11.6 Å². The molecule has 0 amide bonds. The van der Waals surface area contributed by atoms with E-state index in [9.17, 15) is 0 Å². The molecule has 0 atom stereocenters. The van der Waals surface area contributed by atoms with E-state index in [-0.39, 0.29) is 12.7 Å². The largest absolute Gasteiger partial charge is 0.490 e. The van der Waals surface area contributed by atoms with Crippen LogP contribution in [0, 0.1) is 0 Å². The van der Waals surface area contributed by atoms with Crippen LogP contribution >= 0.6 is 11.6 Å². The monoisotopic (exact) mass is 287 g/mol. The molecule has 1 aromatic heterocycles. The number of halogens is 1. The van der Waals surface area contributed by atoms with Gasteiger partial charge in [0.2, 0.25) is 0 Å². The number of anilines is 1. The van der Waals surface area contributed by atoms with Crippen molar-refractivity contribution in [2.45, 2.75) is 18.9 Å².